The van der Waals surface area contributed by atoms with Gasteiger partial charge in [0.2, 0.25) is 0 Å². The quantitative estimate of drug-likeness (QED) is 0.792. The number of aromatic nitrogens is 2. The number of halogens is 1. The summed E-state index contributed by atoms with van der Waals surface area (Å²) in [5.41, 5.74) is 1.93. The molecular formula is C22H27FN4O2. The van der Waals surface area contributed by atoms with E-state index in [1.807, 2.05) is 11.8 Å². The number of methoxy groups -OCH3 is 1. The van der Waals surface area contributed by atoms with Crippen LogP contribution in [0.25, 0.3) is 0 Å². The van der Waals surface area contributed by atoms with Crippen LogP contribution in [0.2, 0.25) is 0 Å². The van der Waals surface area contributed by atoms with Gasteiger partial charge in [-0.15, -0.1) is 0 Å². The van der Waals surface area contributed by atoms with E-state index in [9.17, 15) is 9.18 Å². The molecule has 2 aromatic rings. The standard InChI is InChI=1S/C22H27FN4O2/c1-16-11-25-20(12-24-16)21(28)27-9-7-22(15-27)6-3-8-26(14-22)13-17-10-18(29-2)4-5-19(17)23/h4-5,10-12H,3,6-9,13-15H2,1-2H3/t22-/m0/s1. The smallest absolute Gasteiger partial charge is 0.274 e. The predicted molar refractivity (Wildman–Crippen MR) is 107 cm³/mol. The Morgan fingerprint density at radius 1 is 1.21 bits per heavy atom. The Balaban J connectivity index is 1.43. The average molecular weight is 398 g/mol. The lowest BCUT2D eigenvalue weighted by atomic mass is 9.79. The van der Waals surface area contributed by atoms with Crippen molar-refractivity contribution in [3.8, 4) is 5.75 Å². The lowest BCUT2D eigenvalue weighted by Gasteiger charge is -2.40. The van der Waals surface area contributed by atoms with Gasteiger partial charge in [-0.05, 0) is 50.9 Å². The lowest BCUT2D eigenvalue weighted by Crippen LogP contribution is -2.45. The van der Waals surface area contributed by atoms with E-state index in [-0.39, 0.29) is 17.1 Å². The third-order valence-electron chi connectivity index (χ3n) is 6.11. The maximum absolute atomic E-state index is 14.3. The summed E-state index contributed by atoms with van der Waals surface area (Å²) in [7, 11) is 1.59. The van der Waals surface area contributed by atoms with Crippen LogP contribution in [0.4, 0.5) is 4.39 Å². The van der Waals surface area contributed by atoms with Crippen LogP contribution in [-0.4, -0.2) is 59.0 Å². The zero-order chi connectivity index (χ0) is 20.4. The van der Waals surface area contributed by atoms with Gasteiger partial charge in [0.1, 0.15) is 17.3 Å². The van der Waals surface area contributed by atoms with Crippen LogP contribution in [0, 0.1) is 18.2 Å². The number of benzene rings is 1. The second kappa shape index (κ2) is 8.06. The molecule has 0 aliphatic carbocycles. The largest absolute Gasteiger partial charge is 0.497 e. The zero-order valence-corrected chi connectivity index (χ0v) is 17.0. The van der Waals surface area contributed by atoms with E-state index in [0.29, 0.717) is 23.6 Å². The number of carbonyl (C=O) groups excluding carboxylic acids is 1. The van der Waals surface area contributed by atoms with Gasteiger partial charge in [-0.1, -0.05) is 0 Å². The fraction of sp³-hybridized carbons (Fsp3) is 0.500. The van der Waals surface area contributed by atoms with Crippen molar-refractivity contribution < 1.29 is 13.9 Å². The normalized spacial score (nSPS) is 22.2. The maximum atomic E-state index is 14.3. The van der Waals surface area contributed by atoms with Crippen LogP contribution in [0.3, 0.4) is 0 Å². The number of carbonyl (C=O) groups is 1. The second-order valence-electron chi connectivity index (χ2n) is 8.29. The van der Waals surface area contributed by atoms with Crippen LogP contribution >= 0.6 is 0 Å². The number of hydrogen-bond donors (Lipinski definition) is 0. The van der Waals surface area contributed by atoms with E-state index in [4.69, 9.17) is 4.74 Å². The molecule has 6 nitrogen and oxygen atoms in total. The second-order valence-corrected chi connectivity index (χ2v) is 8.29. The Labute approximate surface area is 170 Å². The number of amides is 1. The van der Waals surface area contributed by atoms with E-state index in [2.05, 4.69) is 14.9 Å². The Kier molecular flexibility index (Phi) is 5.50. The minimum atomic E-state index is -0.202. The number of likely N-dealkylation sites (tertiary alicyclic amines) is 2. The molecule has 1 aromatic carbocycles. The summed E-state index contributed by atoms with van der Waals surface area (Å²) in [5, 5.41) is 0. The van der Waals surface area contributed by atoms with E-state index < -0.39 is 0 Å². The van der Waals surface area contributed by atoms with Crippen LogP contribution < -0.4 is 4.74 Å². The summed E-state index contributed by atoms with van der Waals surface area (Å²) in [4.78, 5) is 25.5. The first-order valence-corrected chi connectivity index (χ1v) is 10.1. The van der Waals surface area contributed by atoms with E-state index in [1.165, 1.54) is 6.07 Å². The molecule has 1 spiro atoms. The van der Waals surface area contributed by atoms with Crippen molar-refractivity contribution in [1.82, 2.24) is 19.8 Å². The first kappa shape index (κ1) is 19.8. The Morgan fingerprint density at radius 3 is 2.83 bits per heavy atom. The molecule has 2 aliphatic rings. The van der Waals surface area contributed by atoms with Crippen LogP contribution in [0.1, 0.15) is 41.0 Å². The van der Waals surface area contributed by atoms with Gasteiger partial charge < -0.3 is 9.64 Å². The average Bonchev–Trinajstić information content (AvgIpc) is 3.13. The summed E-state index contributed by atoms with van der Waals surface area (Å²) >= 11 is 0. The summed E-state index contributed by atoms with van der Waals surface area (Å²) in [6.45, 7) is 5.67. The van der Waals surface area contributed by atoms with Gasteiger partial charge in [0.05, 0.1) is 19.0 Å². The van der Waals surface area contributed by atoms with E-state index >= 15 is 0 Å². The molecule has 7 heteroatoms. The van der Waals surface area contributed by atoms with Gasteiger partial charge >= 0.3 is 0 Å². The molecule has 1 amide bonds. The van der Waals surface area contributed by atoms with Crippen LogP contribution in [-0.2, 0) is 6.54 Å². The minimum absolute atomic E-state index is 0.0506. The summed E-state index contributed by atoms with van der Waals surface area (Å²) in [6.07, 6.45) is 6.30. The molecule has 2 saturated heterocycles. The minimum Gasteiger partial charge on any atom is -0.497 e. The molecule has 0 radical (unpaired) electrons. The molecule has 3 heterocycles. The summed E-state index contributed by atoms with van der Waals surface area (Å²) in [5.74, 6) is 0.418. The Bertz CT molecular complexity index is 889. The third kappa shape index (κ3) is 4.24. The highest BCUT2D eigenvalue weighted by Crippen LogP contribution is 2.40. The molecule has 4 rings (SSSR count). The van der Waals surface area contributed by atoms with Gasteiger partial charge in [0.25, 0.3) is 5.91 Å². The van der Waals surface area contributed by atoms with Crippen molar-refractivity contribution in [2.24, 2.45) is 5.41 Å². The first-order valence-electron chi connectivity index (χ1n) is 10.1. The van der Waals surface area contributed by atoms with E-state index in [1.54, 1.807) is 31.6 Å². The highest BCUT2D eigenvalue weighted by atomic mass is 19.1. The molecule has 0 saturated carbocycles. The summed E-state index contributed by atoms with van der Waals surface area (Å²) < 4.78 is 19.5. The van der Waals surface area contributed by atoms with E-state index in [0.717, 1.165) is 51.1 Å². The van der Waals surface area contributed by atoms with Crippen molar-refractivity contribution in [2.45, 2.75) is 32.7 Å². The van der Waals surface area contributed by atoms with Crippen molar-refractivity contribution in [1.29, 1.82) is 0 Å². The zero-order valence-electron chi connectivity index (χ0n) is 17.0. The molecule has 1 atom stereocenters. The monoisotopic (exact) mass is 398 g/mol. The maximum Gasteiger partial charge on any atom is 0.274 e. The van der Waals surface area contributed by atoms with Crippen molar-refractivity contribution in [3.05, 3.63) is 53.4 Å². The predicted octanol–water partition coefficient (Wildman–Crippen LogP) is 3.06. The lowest BCUT2D eigenvalue weighted by molar-refractivity contribution is 0.0668. The van der Waals surface area contributed by atoms with Crippen molar-refractivity contribution in [3.63, 3.8) is 0 Å². The van der Waals surface area contributed by atoms with Crippen molar-refractivity contribution >= 4 is 5.91 Å². The van der Waals surface area contributed by atoms with Gasteiger partial charge in [-0.2, -0.15) is 0 Å². The molecule has 0 bridgehead atoms. The van der Waals surface area contributed by atoms with Crippen LogP contribution in [0.5, 0.6) is 5.75 Å². The number of piperidine rings is 1. The Hall–Kier alpha value is -2.54. The molecular weight excluding hydrogens is 371 g/mol. The van der Waals surface area contributed by atoms with Gasteiger partial charge in [0.15, 0.2) is 0 Å². The number of rotatable bonds is 4. The van der Waals surface area contributed by atoms with Gasteiger partial charge in [-0.25, -0.2) is 9.37 Å². The molecule has 154 valence electrons. The van der Waals surface area contributed by atoms with Crippen molar-refractivity contribution in [2.75, 3.05) is 33.3 Å². The number of aryl methyl sites for hydroxylation is 1. The molecule has 0 N–H and O–H groups in total. The Morgan fingerprint density at radius 2 is 2.07 bits per heavy atom. The number of nitrogens with zero attached hydrogens (tertiary/aromatic N) is 4. The molecule has 2 fully saturated rings. The van der Waals surface area contributed by atoms with Gasteiger partial charge in [0, 0.05) is 43.4 Å². The fourth-order valence-corrected chi connectivity index (χ4v) is 4.59. The summed E-state index contributed by atoms with van der Waals surface area (Å²) in [6, 6.07) is 4.88. The number of hydrogen-bond acceptors (Lipinski definition) is 5. The molecule has 0 unspecified atom stereocenters. The van der Waals surface area contributed by atoms with Crippen LogP contribution in [0.15, 0.2) is 30.6 Å². The highest BCUT2D eigenvalue weighted by molar-refractivity contribution is 5.92. The SMILES string of the molecule is COc1ccc(F)c(CN2CCC[C@]3(CCN(C(=O)c4cnc(C)cn4)C3)C2)c1. The molecule has 29 heavy (non-hydrogen) atoms. The first-order chi connectivity index (χ1) is 14.0. The molecule has 2 aliphatic heterocycles. The van der Waals surface area contributed by atoms with Gasteiger partial charge in [-0.3, -0.25) is 14.7 Å². The third-order valence-corrected chi connectivity index (χ3v) is 6.11. The topological polar surface area (TPSA) is 58.6 Å². The number of ether oxygens (including phenoxy) is 1. The fourth-order valence-electron chi connectivity index (χ4n) is 4.59. The molecule has 1 aromatic heterocycles. The highest BCUT2D eigenvalue weighted by Gasteiger charge is 2.43.